The zero-order valence-electron chi connectivity index (χ0n) is 15.1. The molecule has 0 aliphatic rings. The lowest BCUT2D eigenvalue weighted by Gasteiger charge is -2.19. The van der Waals surface area contributed by atoms with Crippen LogP contribution in [0.2, 0.25) is 0 Å². The fourth-order valence-electron chi connectivity index (χ4n) is 2.25. The zero-order chi connectivity index (χ0) is 17.9. The Morgan fingerprint density at radius 3 is 1.75 bits per heavy atom. The third kappa shape index (κ3) is 6.89. The van der Waals surface area contributed by atoms with E-state index in [9.17, 15) is 0 Å². The van der Waals surface area contributed by atoms with Crippen molar-refractivity contribution >= 4 is 51.5 Å². The number of rotatable bonds is 6. The van der Waals surface area contributed by atoms with Crippen molar-refractivity contribution in [2.24, 2.45) is 0 Å². The number of hydrogen-bond donors (Lipinski definition) is 0. The van der Waals surface area contributed by atoms with Crippen molar-refractivity contribution in [3.63, 3.8) is 0 Å². The summed E-state index contributed by atoms with van der Waals surface area (Å²) in [5.41, 5.74) is 5.11. The van der Waals surface area contributed by atoms with Crippen LogP contribution in [0.4, 0.5) is 11.4 Å². The first-order valence-electron chi connectivity index (χ1n) is 8.30. The molecule has 6 heteroatoms. The van der Waals surface area contributed by atoms with E-state index in [4.69, 9.17) is 22.2 Å². The van der Waals surface area contributed by atoms with Gasteiger partial charge < -0.3 is 9.13 Å². The van der Waals surface area contributed by atoms with Gasteiger partial charge in [-0.1, -0.05) is 29.8 Å². The molecule has 0 spiro atoms. The molecule has 132 valence electrons. The number of nitrogens with zero attached hydrogens (tertiary/aromatic N) is 2. The van der Waals surface area contributed by atoms with Crippen molar-refractivity contribution in [3.05, 3.63) is 59.7 Å². The molecule has 0 N–H and O–H groups in total. The summed E-state index contributed by atoms with van der Waals surface area (Å²) in [6.45, 7) is 10.5. The molecule has 0 unspecified atom stereocenters. The van der Waals surface area contributed by atoms with Gasteiger partial charge in [-0.05, 0) is 57.5 Å². The summed E-state index contributed by atoms with van der Waals surface area (Å²) in [5, 5.41) is 0. The Morgan fingerprint density at radius 1 is 0.750 bits per heavy atom. The van der Waals surface area contributed by atoms with Gasteiger partial charge in [0, 0.05) is 24.5 Å². The summed E-state index contributed by atoms with van der Waals surface area (Å²) >= 11 is 11.8. The lowest BCUT2D eigenvalue weighted by atomic mass is 10.2. The second-order valence-electron chi connectivity index (χ2n) is 5.63. The van der Waals surface area contributed by atoms with Crippen molar-refractivity contribution in [1.29, 1.82) is 0 Å². The van der Waals surface area contributed by atoms with E-state index in [1.165, 1.54) is 22.5 Å². The average molecular weight is 400 g/mol. The van der Waals surface area contributed by atoms with E-state index in [0.29, 0.717) is 0 Å². The van der Waals surface area contributed by atoms with Gasteiger partial charge in [0.1, 0.15) is 0 Å². The van der Waals surface area contributed by atoms with Crippen LogP contribution >= 0.6 is 22.2 Å². The summed E-state index contributed by atoms with van der Waals surface area (Å²) in [4.78, 5) is 0. The van der Waals surface area contributed by atoms with Gasteiger partial charge in [-0.15, -0.1) is 22.2 Å². The molecule has 0 aliphatic carbocycles. The van der Waals surface area contributed by atoms with E-state index in [-0.39, 0.29) is 0 Å². The van der Waals surface area contributed by atoms with Gasteiger partial charge in [0.05, 0.1) is 0 Å². The second kappa shape index (κ2) is 11.6. The Balaban J connectivity index is 0.000000240. The number of halogens is 2. The highest BCUT2D eigenvalue weighted by Gasteiger charge is 2.01. The zero-order valence-corrected chi connectivity index (χ0v) is 19.4. The van der Waals surface area contributed by atoms with Gasteiger partial charge in [0.25, 0.3) is 0 Å². The van der Waals surface area contributed by atoms with Crippen LogP contribution in [0.1, 0.15) is 25.0 Å². The molecule has 0 fully saturated rings. The summed E-state index contributed by atoms with van der Waals surface area (Å²) in [7, 11) is -1.16. The van der Waals surface area contributed by atoms with Gasteiger partial charge in [0.15, 0.2) is 0 Å². The van der Waals surface area contributed by atoms with Crippen LogP contribution in [0, 0.1) is 13.8 Å². The van der Waals surface area contributed by atoms with E-state index < -0.39 is 18.0 Å². The summed E-state index contributed by atoms with van der Waals surface area (Å²) in [5.74, 6) is 0. The Labute approximate surface area is 161 Å². The van der Waals surface area contributed by atoms with Gasteiger partial charge in [0.2, 0.25) is 18.0 Å². The smallest absolute Gasteiger partial charge is 0.224 e. The quantitative estimate of drug-likeness (QED) is 0.533. The lowest BCUT2D eigenvalue weighted by Crippen LogP contribution is -2.23. The molecular formula is C18H28Cl2N2Si2. The number of benzene rings is 2. The number of aryl methyl sites for hydroxylation is 2. The topological polar surface area (TPSA) is 6.48 Å². The van der Waals surface area contributed by atoms with Crippen molar-refractivity contribution in [2.45, 2.75) is 27.7 Å². The van der Waals surface area contributed by atoms with Crippen LogP contribution in [0.3, 0.4) is 0 Å². The summed E-state index contributed by atoms with van der Waals surface area (Å²) in [6.07, 6.45) is 0. The molecule has 2 aromatic rings. The van der Waals surface area contributed by atoms with Crippen molar-refractivity contribution in [2.75, 3.05) is 22.2 Å². The fourth-order valence-corrected chi connectivity index (χ4v) is 5.12. The number of hydrogen-bond acceptors (Lipinski definition) is 2. The maximum absolute atomic E-state index is 5.92. The van der Waals surface area contributed by atoms with Crippen LogP contribution in [0.25, 0.3) is 0 Å². The molecule has 0 radical (unpaired) electrons. The van der Waals surface area contributed by atoms with E-state index in [1.54, 1.807) is 0 Å². The summed E-state index contributed by atoms with van der Waals surface area (Å²) < 4.78 is 4.51. The largest absolute Gasteiger partial charge is 0.390 e. The maximum Gasteiger partial charge on any atom is 0.224 e. The molecule has 2 nitrogen and oxygen atoms in total. The first kappa shape index (κ1) is 21.1. The van der Waals surface area contributed by atoms with E-state index in [2.05, 4.69) is 85.4 Å². The van der Waals surface area contributed by atoms with Gasteiger partial charge in [-0.25, -0.2) is 0 Å². The molecule has 0 atom stereocenters. The minimum absolute atomic E-state index is 0.577. The Kier molecular flexibility index (Phi) is 10.2. The third-order valence-corrected chi connectivity index (χ3v) is 7.75. The minimum atomic E-state index is -0.581. The van der Waals surface area contributed by atoms with E-state index in [0.717, 1.165) is 13.1 Å². The predicted octanol–water partition coefficient (Wildman–Crippen LogP) is 4.12. The van der Waals surface area contributed by atoms with Gasteiger partial charge in [-0.3, -0.25) is 0 Å². The van der Waals surface area contributed by atoms with Crippen LogP contribution in [-0.4, -0.2) is 31.1 Å². The Morgan fingerprint density at radius 2 is 1.29 bits per heavy atom. The normalized spacial score (nSPS) is 10.9. The number of anilines is 2. The molecule has 0 aromatic heterocycles. The standard InChI is InChI=1S/2C9H14ClNSi/c1-3-11(12-10)9-6-4-8(2)5-7-9;1-3-11(12-10)9-6-4-5-8(2)7-9/h2*4-7H,3,12H2,1-2H3. The molecule has 0 saturated carbocycles. The highest BCUT2D eigenvalue weighted by molar-refractivity contribution is 6.96. The third-order valence-electron chi connectivity index (χ3n) is 3.82. The molecule has 2 rings (SSSR count). The Bertz CT molecular complexity index is 586. The average Bonchev–Trinajstić information content (AvgIpc) is 2.59. The first-order chi connectivity index (χ1) is 11.5. The molecule has 2 aromatic carbocycles. The lowest BCUT2D eigenvalue weighted by molar-refractivity contribution is 1.09. The highest BCUT2D eigenvalue weighted by Crippen LogP contribution is 2.15. The van der Waals surface area contributed by atoms with Crippen LogP contribution in [-0.2, 0) is 0 Å². The molecular weight excluding hydrogens is 371 g/mol. The van der Waals surface area contributed by atoms with Crippen LogP contribution in [0.5, 0.6) is 0 Å². The second-order valence-corrected chi connectivity index (χ2v) is 9.06. The monoisotopic (exact) mass is 398 g/mol. The molecule has 0 bridgehead atoms. The van der Waals surface area contributed by atoms with Crippen molar-refractivity contribution in [3.8, 4) is 0 Å². The highest BCUT2D eigenvalue weighted by atomic mass is 35.6. The predicted molar refractivity (Wildman–Crippen MR) is 117 cm³/mol. The van der Waals surface area contributed by atoms with E-state index >= 15 is 0 Å². The molecule has 24 heavy (non-hydrogen) atoms. The van der Waals surface area contributed by atoms with Crippen LogP contribution in [0.15, 0.2) is 48.5 Å². The van der Waals surface area contributed by atoms with E-state index in [1.807, 2.05) is 0 Å². The fraction of sp³-hybridized carbons (Fsp3) is 0.333. The SMILES string of the molecule is CCN([SiH2]Cl)c1ccc(C)cc1.CCN([SiH2]Cl)c1cccc(C)c1. The maximum atomic E-state index is 5.92. The molecule has 0 amide bonds. The summed E-state index contributed by atoms with van der Waals surface area (Å²) in [6, 6.07) is 17.0. The van der Waals surface area contributed by atoms with Gasteiger partial charge >= 0.3 is 0 Å². The van der Waals surface area contributed by atoms with Gasteiger partial charge in [-0.2, -0.15) is 0 Å². The van der Waals surface area contributed by atoms with Crippen molar-refractivity contribution < 1.29 is 0 Å². The molecule has 0 heterocycles. The van der Waals surface area contributed by atoms with Crippen LogP contribution < -0.4 is 9.13 Å². The first-order valence-corrected chi connectivity index (χ1v) is 13.8. The molecule has 0 aliphatic heterocycles. The van der Waals surface area contributed by atoms with Crippen molar-refractivity contribution in [1.82, 2.24) is 0 Å². The Hall–Kier alpha value is -0.946. The molecule has 0 saturated heterocycles. The minimum Gasteiger partial charge on any atom is -0.390 e.